The van der Waals surface area contributed by atoms with Crippen LogP contribution in [-0.2, 0) is 10.9 Å². The second-order valence-electron chi connectivity index (χ2n) is 13.3. The molecule has 280 valence electrons. The third kappa shape index (κ3) is 10.6. The third-order valence-corrected chi connectivity index (χ3v) is 9.42. The first-order valence-corrected chi connectivity index (χ1v) is 17.2. The van der Waals surface area contributed by atoms with Gasteiger partial charge in [-0.3, -0.25) is 4.90 Å². The van der Waals surface area contributed by atoms with Crippen LogP contribution in [0.15, 0.2) is 75.2 Å². The standard InChI is InChI=1S/C27H38F3NO2.C10H8F3N3O2/c1-5-7-23(17-33-25-18(2)8-6-9-24(25)27(28,29)30)20(4)16-19(3)21-12-14-31(15-13-21)26(32)22-10-11-22;11-10(12,13)8-6(9(17)18)5-15-16(8)7-3-1-2-4-14-7/h5,7,9,16,21-22,26,32H,6,8,10-15,17H2,1-4H3;3-5H,1-2H2,(H,17,18)/b7-5-,19-16+,23-20+;. The molecule has 0 spiro atoms. The number of aromatic nitrogens is 2. The number of carboxylic acid groups (broad SMARTS) is 1. The van der Waals surface area contributed by atoms with Gasteiger partial charge in [0.15, 0.2) is 5.69 Å². The van der Waals surface area contributed by atoms with Crippen molar-refractivity contribution in [1.29, 1.82) is 0 Å². The Morgan fingerprint density at radius 1 is 1.04 bits per heavy atom. The van der Waals surface area contributed by atoms with E-state index in [1.165, 1.54) is 23.9 Å². The maximum Gasteiger partial charge on any atom is 0.434 e. The second-order valence-corrected chi connectivity index (χ2v) is 13.3. The third-order valence-electron chi connectivity index (χ3n) is 9.42. The molecule has 1 saturated carbocycles. The van der Waals surface area contributed by atoms with Gasteiger partial charge in [-0.25, -0.2) is 14.5 Å². The van der Waals surface area contributed by atoms with Gasteiger partial charge in [-0.2, -0.15) is 31.4 Å². The van der Waals surface area contributed by atoms with Crippen LogP contribution in [-0.4, -0.2) is 69.2 Å². The maximum atomic E-state index is 13.5. The Morgan fingerprint density at radius 2 is 1.73 bits per heavy atom. The van der Waals surface area contributed by atoms with E-state index >= 15 is 0 Å². The second kappa shape index (κ2) is 17.1. The highest BCUT2D eigenvalue weighted by molar-refractivity contribution is 5.89. The highest BCUT2D eigenvalue weighted by atomic mass is 19.4. The summed E-state index contributed by atoms with van der Waals surface area (Å²) in [7, 11) is 0. The number of nitrogens with zero attached hydrogens (tertiary/aromatic N) is 4. The normalized spacial score (nSPS) is 20.8. The zero-order chi connectivity index (χ0) is 37.5. The lowest BCUT2D eigenvalue weighted by Gasteiger charge is -2.35. The lowest BCUT2D eigenvalue weighted by molar-refractivity contribution is -0.143. The molecule has 5 rings (SSSR count). The van der Waals surface area contributed by atoms with Crippen molar-refractivity contribution in [3.05, 3.63) is 81.5 Å². The molecule has 2 fully saturated rings. The molecule has 0 radical (unpaired) electrons. The van der Waals surface area contributed by atoms with E-state index in [4.69, 9.17) is 9.84 Å². The smallest absolute Gasteiger partial charge is 0.434 e. The Hall–Kier alpha value is -3.91. The number of carboxylic acids is 1. The van der Waals surface area contributed by atoms with Crippen LogP contribution >= 0.6 is 0 Å². The van der Waals surface area contributed by atoms with Crippen molar-refractivity contribution < 1.29 is 46.1 Å². The van der Waals surface area contributed by atoms with Gasteiger partial charge in [0.25, 0.3) is 0 Å². The fourth-order valence-corrected chi connectivity index (χ4v) is 6.41. The molecule has 8 nitrogen and oxygen atoms in total. The number of carbonyl (C=O) groups is 1. The Bertz CT molecular complexity index is 1630. The SMILES string of the molecule is C\C=C/C(COC1=C(C)CCC=C1C(F)(F)F)=C(C)\C=C(/C)C1CCN(C(O)C2CC2)CC1.O=C(O)c1cnn(C2=CCCC=N2)c1C(F)(F)F. The number of halogens is 6. The summed E-state index contributed by atoms with van der Waals surface area (Å²) >= 11 is 0. The van der Waals surface area contributed by atoms with E-state index < -0.39 is 35.2 Å². The van der Waals surface area contributed by atoms with Gasteiger partial charge in [0.1, 0.15) is 30.0 Å². The number of rotatable bonds is 10. The number of piperidine rings is 1. The highest BCUT2D eigenvalue weighted by Crippen LogP contribution is 2.39. The highest BCUT2D eigenvalue weighted by Gasteiger charge is 2.41. The number of ether oxygens (including phenoxy) is 1. The van der Waals surface area contributed by atoms with Crippen molar-refractivity contribution in [2.24, 2.45) is 16.8 Å². The van der Waals surface area contributed by atoms with Crippen LogP contribution in [0.3, 0.4) is 0 Å². The molecule has 0 aromatic carbocycles. The zero-order valence-corrected chi connectivity index (χ0v) is 29.3. The first kappa shape index (κ1) is 39.9. The Labute approximate surface area is 294 Å². The fraction of sp³-hybridized carbons (Fsp3) is 0.541. The van der Waals surface area contributed by atoms with E-state index in [1.54, 1.807) is 6.92 Å². The molecular weight excluding hydrogens is 678 g/mol. The molecule has 14 heteroatoms. The molecule has 1 saturated heterocycles. The van der Waals surface area contributed by atoms with Gasteiger partial charge in [0.05, 0.1) is 11.8 Å². The Morgan fingerprint density at radius 3 is 2.27 bits per heavy atom. The fourth-order valence-electron chi connectivity index (χ4n) is 6.41. The first-order valence-electron chi connectivity index (χ1n) is 17.2. The van der Waals surface area contributed by atoms with Gasteiger partial charge < -0.3 is 14.9 Å². The molecule has 3 heterocycles. The molecule has 1 atom stereocenters. The van der Waals surface area contributed by atoms with E-state index in [1.807, 2.05) is 26.0 Å². The minimum absolute atomic E-state index is 0.0129. The van der Waals surface area contributed by atoms with E-state index in [0.29, 0.717) is 54.0 Å². The maximum absolute atomic E-state index is 13.5. The van der Waals surface area contributed by atoms with Crippen molar-refractivity contribution in [2.75, 3.05) is 19.7 Å². The van der Waals surface area contributed by atoms with Gasteiger partial charge >= 0.3 is 18.3 Å². The summed E-state index contributed by atoms with van der Waals surface area (Å²) in [4.78, 5) is 16.7. The number of aliphatic imine (C=N–C) groups is 1. The number of aliphatic hydroxyl groups is 1. The molecule has 1 aromatic heterocycles. The van der Waals surface area contributed by atoms with Crippen LogP contribution in [0.5, 0.6) is 0 Å². The number of hydrogen-bond donors (Lipinski definition) is 2. The average Bonchev–Trinajstić information content (AvgIpc) is 3.82. The van der Waals surface area contributed by atoms with Crippen LogP contribution in [0.2, 0.25) is 0 Å². The summed E-state index contributed by atoms with van der Waals surface area (Å²) in [5, 5.41) is 22.6. The van der Waals surface area contributed by atoms with E-state index in [9.17, 15) is 36.2 Å². The quantitative estimate of drug-likeness (QED) is 0.185. The van der Waals surface area contributed by atoms with Crippen LogP contribution in [0.25, 0.3) is 5.82 Å². The molecule has 4 aliphatic rings. The predicted molar refractivity (Wildman–Crippen MR) is 183 cm³/mol. The Kier molecular flexibility index (Phi) is 13.3. The number of hydrogen-bond acceptors (Lipinski definition) is 6. The summed E-state index contributed by atoms with van der Waals surface area (Å²) in [6.45, 7) is 9.66. The van der Waals surface area contributed by atoms with E-state index in [0.717, 1.165) is 49.9 Å². The topological polar surface area (TPSA) is 100 Å². The molecule has 2 N–H and O–H groups in total. The van der Waals surface area contributed by atoms with Crippen LogP contribution in [0, 0.1) is 11.8 Å². The molecule has 51 heavy (non-hydrogen) atoms. The zero-order valence-electron chi connectivity index (χ0n) is 29.3. The minimum atomic E-state index is -4.81. The van der Waals surface area contributed by atoms with Crippen molar-refractivity contribution in [3.63, 3.8) is 0 Å². The lowest BCUT2D eigenvalue weighted by atomic mass is 9.88. The molecule has 0 bridgehead atoms. The molecule has 1 unspecified atom stereocenters. The first-order chi connectivity index (χ1) is 24.0. The van der Waals surface area contributed by atoms with Gasteiger partial charge in [-0.1, -0.05) is 29.9 Å². The largest absolute Gasteiger partial charge is 0.488 e. The molecule has 2 aliphatic heterocycles. The predicted octanol–water partition coefficient (Wildman–Crippen LogP) is 9.10. The summed E-state index contributed by atoms with van der Waals surface area (Å²) in [6.07, 6.45) is 7.79. The molecule has 2 aliphatic carbocycles. The van der Waals surface area contributed by atoms with E-state index in [2.05, 4.69) is 28.0 Å². The Balaban J connectivity index is 0.000000272. The minimum Gasteiger partial charge on any atom is -0.488 e. The van der Waals surface area contributed by atoms with Crippen molar-refractivity contribution in [3.8, 4) is 0 Å². The van der Waals surface area contributed by atoms with E-state index in [-0.39, 0.29) is 24.4 Å². The molecule has 0 amide bonds. The van der Waals surface area contributed by atoms with Gasteiger partial charge in [0, 0.05) is 19.3 Å². The summed E-state index contributed by atoms with van der Waals surface area (Å²) < 4.78 is 85.2. The van der Waals surface area contributed by atoms with Gasteiger partial charge in [-0.05, 0) is 114 Å². The van der Waals surface area contributed by atoms with Crippen molar-refractivity contribution in [2.45, 2.75) is 97.6 Å². The van der Waals surface area contributed by atoms with Crippen molar-refractivity contribution >= 4 is 18.0 Å². The number of aromatic carboxylic acids is 1. The van der Waals surface area contributed by atoms with Crippen molar-refractivity contribution in [1.82, 2.24) is 14.7 Å². The lowest BCUT2D eigenvalue weighted by Crippen LogP contribution is -2.42. The number of alkyl halides is 6. The number of aliphatic hydroxyl groups excluding tert-OH is 1. The average molecular weight is 725 g/mol. The molecular formula is C37H46F6N4O4. The summed E-state index contributed by atoms with van der Waals surface area (Å²) in [6, 6.07) is 0. The number of allylic oxidation sites excluding steroid dienone is 8. The summed E-state index contributed by atoms with van der Waals surface area (Å²) in [5.41, 5.74) is 0.955. The molecule has 1 aromatic rings. The monoisotopic (exact) mass is 724 g/mol. The van der Waals surface area contributed by atoms with Crippen LogP contribution in [0.1, 0.15) is 95.1 Å². The van der Waals surface area contributed by atoms with Gasteiger partial charge in [0.2, 0.25) is 0 Å². The summed E-state index contributed by atoms with van der Waals surface area (Å²) in [5.74, 6) is -0.790. The number of likely N-dealkylation sites (tertiary alicyclic amines) is 1. The van der Waals surface area contributed by atoms with Crippen LogP contribution < -0.4 is 0 Å². The van der Waals surface area contributed by atoms with Gasteiger partial charge in [-0.15, -0.1) is 0 Å². The van der Waals surface area contributed by atoms with Crippen LogP contribution in [0.4, 0.5) is 26.3 Å².